The minimum atomic E-state index is -3.02. The van der Waals surface area contributed by atoms with Crippen LogP contribution in [0.1, 0.15) is 12.8 Å². The van der Waals surface area contributed by atoms with E-state index in [1.807, 2.05) is 0 Å². The van der Waals surface area contributed by atoms with Crippen LogP contribution in [-0.2, 0) is 14.3 Å². The minimum Gasteiger partial charge on any atom is -0.375 e. The van der Waals surface area contributed by atoms with Gasteiger partial charge in [0.05, 0.1) is 12.0 Å². The van der Waals surface area contributed by atoms with Crippen LogP contribution >= 0.6 is 0 Å². The van der Waals surface area contributed by atoms with Crippen molar-refractivity contribution >= 4 is 11.8 Å². The molecule has 1 N–H and O–H groups in total. The fourth-order valence-electron chi connectivity index (χ4n) is 2.73. The monoisotopic (exact) mass is 262 g/mol. The Morgan fingerprint density at radius 3 is 2.78 bits per heavy atom. The first kappa shape index (κ1) is 13.2. The molecule has 2 amide bonds. The van der Waals surface area contributed by atoms with E-state index in [9.17, 15) is 18.4 Å². The van der Waals surface area contributed by atoms with Crippen LogP contribution in [0.15, 0.2) is 0 Å². The van der Waals surface area contributed by atoms with E-state index in [0.29, 0.717) is 13.0 Å². The Bertz CT molecular complexity index is 375. The lowest BCUT2D eigenvalue weighted by molar-refractivity contribution is -0.162. The summed E-state index contributed by atoms with van der Waals surface area (Å²) >= 11 is 0. The molecular formula is C11H16F2N2O3. The highest BCUT2D eigenvalue weighted by Crippen LogP contribution is 2.43. The molecule has 0 saturated carbocycles. The molecule has 0 aromatic rings. The van der Waals surface area contributed by atoms with Gasteiger partial charge in [0, 0.05) is 26.6 Å². The van der Waals surface area contributed by atoms with Gasteiger partial charge in [0.15, 0.2) is 0 Å². The van der Waals surface area contributed by atoms with Gasteiger partial charge in [0.1, 0.15) is 6.61 Å². The van der Waals surface area contributed by atoms with Gasteiger partial charge in [-0.25, -0.2) is 8.78 Å². The molecule has 0 aromatic heterocycles. The van der Waals surface area contributed by atoms with Crippen molar-refractivity contribution in [2.24, 2.45) is 5.41 Å². The number of hydrogen-bond acceptors (Lipinski definition) is 3. The van der Waals surface area contributed by atoms with Crippen LogP contribution in [0.25, 0.3) is 0 Å². The van der Waals surface area contributed by atoms with E-state index in [0.717, 1.165) is 4.90 Å². The van der Waals surface area contributed by atoms with Gasteiger partial charge in [-0.3, -0.25) is 9.59 Å². The fraction of sp³-hybridized carbons (Fsp3) is 0.818. The van der Waals surface area contributed by atoms with E-state index >= 15 is 0 Å². The van der Waals surface area contributed by atoms with Gasteiger partial charge >= 0.3 is 0 Å². The lowest BCUT2D eigenvalue weighted by Gasteiger charge is -2.42. The van der Waals surface area contributed by atoms with Crippen molar-refractivity contribution in [1.82, 2.24) is 10.2 Å². The normalized spacial score (nSPS) is 30.6. The molecule has 1 spiro atoms. The molecule has 0 aliphatic carbocycles. The number of halogens is 2. The van der Waals surface area contributed by atoms with Crippen molar-refractivity contribution in [1.29, 1.82) is 0 Å². The van der Waals surface area contributed by atoms with Crippen LogP contribution in [0, 0.1) is 5.41 Å². The summed E-state index contributed by atoms with van der Waals surface area (Å²) in [7, 11) is 1.33. The molecular weight excluding hydrogens is 246 g/mol. The van der Waals surface area contributed by atoms with Crippen LogP contribution in [0.3, 0.4) is 0 Å². The summed E-state index contributed by atoms with van der Waals surface area (Å²) in [5.74, 6) is -3.91. The summed E-state index contributed by atoms with van der Waals surface area (Å²) in [5.41, 5.74) is -1.13. The van der Waals surface area contributed by atoms with Gasteiger partial charge in [-0.05, 0) is 6.42 Å². The Morgan fingerprint density at radius 1 is 1.50 bits per heavy atom. The van der Waals surface area contributed by atoms with Crippen molar-refractivity contribution in [3.63, 3.8) is 0 Å². The zero-order valence-electron chi connectivity index (χ0n) is 10.2. The lowest BCUT2D eigenvalue weighted by Crippen LogP contribution is -2.57. The first-order chi connectivity index (χ1) is 8.38. The Kier molecular flexibility index (Phi) is 3.27. The molecule has 2 rings (SSSR count). The van der Waals surface area contributed by atoms with Gasteiger partial charge in [-0.2, -0.15) is 0 Å². The Balaban J connectivity index is 2.19. The molecule has 7 heteroatoms. The molecule has 2 aliphatic heterocycles. The van der Waals surface area contributed by atoms with E-state index in [1.165, 1.54) is 7.11 Å². The first-order valence-corrected chi connectivity index (χ1v) is 5.81. The number of hydrogen-bond donors (Lipinski definition) is 1. The highest BCUT2D eigenvalue weighted by atomic mass is 19.3. The maximum Gasteiger partial charge on any atom is 0.266 e. The highest BCUT2D eigenvalue weighted by Gasteiger charge is 2.55. The van der Waals surface area contributed by atoms with Crippen molar-refractivity contribution in [2.45, 2.75) is 18.8 Å². The fourth-order valence-corrected chi connectivity index (χ4v) is 2.73. The first-order valence-electron chi connectivity index (χ1n) is 5.81. The lowest BCUT2D eigenvalue weighted by atomic mass is 9.77. The SMILES string of the molecule is COCC(=O)N1CC(F)(F)CC2(CCNC2=O)C1. The molecule has 1 unspecified atom stereocenters. The number of nitrogens with zero attached hydrogens (tertiary/aromatic N) is 1. The third-order valence-corrected chi connectivity index (χ3v) is 3.50. The minimum absolute atomic E-state index is 0.0522. The van der Waals surface area contributed by atoms with E-state index in [1.54, 1.807) is 0 Å². The molecule has 0 bridgehead atoms. The average Bonchev–Trinajstić information content (AvgIpc) is 2.58. The van der Waals surface area contributed by atoms with Crippen LogP contribution in [0.5, 0.6) is 0 Å². The van der Waals surface area contributed by atoms with Gasteiger partial charge in [0.25, 0.3) is 5.92 Å². The van der Waals surface area contributed by atoms with E-state index < -0.39 is 30.2 Å². The summed E-state index contributed by atoms with van der Waals surface area (Å²) < 4.78 is 32.1. The van der Waals surface area contributed by atoms with E-state index in [4.69, 9.17) is 0 Å². The summed E-state index contributed by atoms with van der Waals surface area (Å²) in [6.45, 7) is -0.435. The van der Waals surface area contributed by atoms with E-state index in [2.05, 4.69) is 10.1 Å². The summed E-state index contributed by atoms with van der Waals surface area (Å²) in [6, 6.07) is 0. The molecule has 1 atom stereocenters. The zero-order chi connectivity index (χ0) is 13.4. The average molecular weight is 262 g/mol. The second-order valence-electron chi connectivity index (χ2n) is 5.00. The number of likely N-dealkylation sites (tertiary alicyclic amines) is 1. The second kappa shape index (κ2) is 4.46. The molecule has 18 heavy (non-hydrogen) atoms. The molecule has 0 aromatic carbocycles. The number of carbonyl (C=O) groups excluding carboxylic acids is 2. The highest BCUT2D eigenvalue weighted by molar-refractivity contribution is 5.86. The predicted molar refractivity (Wildman–Crippen MR) is 58.1 cm³/mol. The summed E-state index contributed by atoms with van der Waals surface area (Å²) in [4.78, 5) is 24.5. The topological polar surface area (TPSA) is 58.6 Å². The molecule has 2 fully saturated rings. The number of ether oxygens (including phenoxy) is 1. The van der Waals surface area contributed by atoms with Crippen LogP contribution in [-0.4, -0.2) is 56.0 Å². The molecule has 2 aliphatic rings. The smallest absolute Gasteiger partial charge is 0.266 e. The number of piperidine rings is 1. The number of amides is 2. The summed E-state index contributed by atoms with van der Waals surface area (Å²) in [5, 5.41) is 2.57. The molecule has 0 radical (unpaired) electrons. The molecule has 2 saturated heterocycles. The van der Waals surface area contributed by atoms with Crippen LogP contribution in [0.4, 0.5) is 8.78 Å². The molecule has 2 heterocycles. The van der Waals surface area contributed by atoms with Crippen molar-refractivity contribution < 1.29 is 23.1 Å². The maximum atomic E-state index is 13.7. The van der Waals surface area contributed by atoms with Gasteiger partial charge in [0.2, 0.25) is 11.8 Å². The third-order valence-electron chi connectivity index (χ3n) is 3.50. The summed E-state index contributed by atoms with van der Waals surface area (Å²) in [6.07, 6.45) is -0.138. The Hall–Kier alpha value is -1.24. The Morgan fingerprint density at radius 2 is 2.22 bits per heavy atom. The number of rotatable bonds is 2. The van der Waals surface area contributed by atoms with Crippen LogP contribution in [0.2, 0.25) is 0 Å². The largest absolute Gasteiger partial charge is 0.375 e. The number of carbonyl (C=O) groups is 2. The number of nitrogens with one attached hydrogen (secondary N) is 1. The van der Waals surface area contributed by atoms with Crippen molar-refractivity contribution in [2.75, 3.05) is 33.4 Å². The predicted octanol–water partition coefficient (Wildman–Crippen LogP) is 0.00670. The second-order valence-corrected chi connectivity index (χ2v) is 5.00. The maximum absolute atomic E-state index is 13.7. The molecule has 102 valence electrons. The van der Waals surface area contributed by atoms with Gasteiger partial charge < -0.3 is 15.0 Å². The third kappa shape index (κ3) is 2.31. The van der Waals surface area contributed by atoms with Crippen LogP contribution < -0.4 is 5.32 Å². The van der Waals surface area contributed by atoms with Crippen molar-refractivity contribution in [3.05, 3.63) is 0 Å². The quantitative estimate of drug-likeness (QED) is 0.762. The zero-order valence-corrected chi connectivity index (χ0v) is 10.2. The molecule has 5 nitrogen and oxygen atoms in total. The number of methoxy groups -OCH3 is 1. The standard InChI is InChI=1S/C11H16F2N2O3/c1-18-4-8(16)15-6-10(2-3-14-9(10)17)5-11(12,13)7-15/h2-7H2,1H3,(H,14,17). The van der Waals surface area contributed by atoms with Crippen molar-refractivity contribution in [3.8, 4) is 0 Å². The Labute approximate surface area is 103 Å². The van der Waals surface area contributed by atoms with Gasteiger partial charge in [-0.1, -0.05) is 0 Å². The number of alkyl halides is 2. The van der Waals surface area contributed by atoms with E-state index in [-0.39, 0.29) is 19.1 Å². The van der Waals surface area contributed by atoms with Gasteiger partial charge in [-0.15, -0.1) is 0 Å².